The lowest BCUT2D eigenvalue weighted by Gasteiger charge is -2.21. The van der Waals surface area contributed by atoms with E-state index in [1.807, 2.05) is 12.1 Å². The van der Waals surface area contributed by atoms with Gasteiger partial charge in [0.1, 0.15) is 5.75 Å². The highest BCUT2D eigenvalue weighted by atomic mass is 35.5. The van der Waals surface area contributed by atoms with Crippen molar-refractivity contribution < 1.29 is 4.74 Å². The average molecular weight is 224 g/mol. The highest BCUT2D eigenvalue weighted by Crippen LogP contribution is 2.25. The molecule has 81 valence electrons. The number of rotatable bonds is 3. The third-order valence-electron chi connectivity index (χ3n) is 2.94. The van der Waals surface area contributed by atoms with E-state index in [4.69, 9.17) is 16.3 Å². The summed E-state index contributed by atoms with van der Waals surface area (Å²) in [4.78, 5) is 0. The fourth-order valence-electron chi connectivity index (χ4n) is 2.06. The summed E-state index contributed by atoms with van der Waals surface area (Å²) in [5.41, 5.74) is 0. The second-order valence-corrected chi connectivity index (χ2v) is 4.62. The summed E-state index contributed by atoms with van der Waals surface area (Å²) < 4.78 is 5.69. The smallest absolute Gasteiger partial charge is 0.128 e. The quantitative estimate of drug-likeness (QED) is 0.750. The Labute approximate surface area is 96.4 Å². The minimum atomic E-state index is 0.715. The lowest BCUT2D eigenvalue weighted by molar-refractivity contribution is 0.208. The van der Waals surface area contributed by atoms with E-state index >= 15 is 0 Å². The fraction of sp³-hybridized carbons (Fsp3) is 0.538. The van der Waals surface area contributed by atoms with Crippen LogP contribution in [0.5, 0.6) is 5.75 Å². The summed E-state index contributed by atoms with van der Waals surface area (Å²) in [6.07, 6.45) is 6.71. The molecule has 1 saturated carbocycles. The van der Waals surface area contributed by atoms with Crippen LogP contribution in [-0.2, 0) is 0 Å². The van der Waals surface area contributed by atoms with Crippen molar-refractivity contribution in [3.8, 4) is 5.75 Å². The molecule has 0 heterocycles. The molecule has 0 atom stereocenters. The van der Waals surface area contributed by atoms with Gasteiger partial charge >= 0.3 is 0 Å². The van der Waals surface area contributed by atoms with Crippen LogP contribution >= 0.6 is 11.6 Å². The van der Waals surface area contributed by atoms with Crippen LogP contribution in [0.15, 0.2) is 18.2 Å². The van der Waals surface area contributed by atoms with Crippen molar-refractivity contribution in [1.29, 1.82) is 0 Å². The Hall–Kier alpha value is -0.690. The number of halogens is 1. The summed E-state index contributed by atoms with van der Waals surface area (Å²) in [7, 11) is 0. The molecule has 0 N–H and O–H groups in total. The normalized spacial score (nSPS) is 17.7. The predicted octanol–water partition coefficient (Wildman–Crippen LogP) is 4.10. The molecule has 1 aliphatic carbocycles. The Morgan fingerprint density at radius 3 is 2.87 bits per heavy atom. The predicted molar refractivity (Wildman–Crippen MR) is 62.4 cm³/mol. The Kier molecular flexibility index (Phi) is 3.90. The van der Waals surface area contributed by atoms with Gasteiger partial charge in [-0.05, 0) is 37.0 Å². The fourth-order valence-corrected chi connectivity index (χ4v) is 2.23. The van der Waals surface area contributed by atoms with Gasteiger partial charge in [-0.2, -0.15) is 0 Å². The zero-order valence-electron chi connectivity index (χ0n) is 8.84. The van der Waals surface area contributed by atoms with Crippen molar-refractivity contribution in [2.75, 3.05) is 6.61 Å². The standard InChI is InChI=1S/C13H16ClO/c14-12-7-4-8-13(9-12)15-10-11-5-2-1-3-6-11/h4,7,9,11H,1-3,5-6,10H2. The molecule has 1 aromatic carbocycles. The SMILES string of the molecule is Clc1cc[c]c(OCC2CCCCC2)c1. The van der Waals surface area contributed by atoms with Gasteiger partial charge in [-0.15, -0.1) is 0 Å². The van der Waals surface area contributed by atoms with E-state index in [2.05, 4.69) is 6.07 Å². The molecule has 1 aliphatic rings. The molecule has 1 fully saturated rings. The van der Waals surface area contributed by atoms with Crippen molar-refractivity contribution in [2.24, 2.45) is 5.92 Å². The Balaban J connectivity index is 1.81. The second-order valence-electron chi connectivity index (χ2n) is 4.19. The van der Waals surface area contributed by atoms with Crippen molar-refractivity contribution in [1.82, 2.24) is 0 Å². The molecular formula is C13H16ClO. The first-order valence-corrected chi connectivity index (χ1v) is 6.02. The highest BCUT2D eigenvalue weighted by molar-refractivity contribution is 6.30. The van der Waals surface area contributed by atoms with Gasteiger partial charge in [0, 0.05) is 11.1 Å². The molecular weight excluding hydrogens is 208 g/mol. The van der Waals surface area contributed by atoms with Gasteiger partial charge < -0.3 is 4.74 Å². The van der Waals surface area contributed by atoms with E-state index in [1.54, 1.807) is 6.07 Å². The second kappa shape index (κ2) is 5.41. The average Bonchev–Trinajstić information content (AvgIpc) is 2.28. The van der Waals surface area contributed by atoms with E-state index < -0.39 is 0 Å². The summed E-state index contributed by atoms with van der Waals surface area (Å²) >= 11 is 5.87. The van der Waals surface area contributed by atoms with Gasteiger partial charge in [-0.1, -0.05) is 30.9 Å². The van der Waals surface area contributed by atoms with Crippen LogP contribution in [0.2, 0.25) is 5.02 Å². The van der Waals surface area contributed by atoms with E-state index in [0.29, 0.717) is 5.02 Å². The summed E-state index contributed by atoms with van der Waals surface area (Å²) in [6.45, 7) is 0.816. The third kappa shape index (κ3) is 3.42. The molecule has 15 heavy (non-hydrogen) atoms. The molecule has 0 saturated heterocycles. The molecule has 2 heteroatoms. The lowest BCUT2D eigenvalue weighted by Crippen LogP contribution is -2.15. The van der Waals surface area contributed by atoms with Gasteiger partial charge in [-0.3, -0.25) is 0 Å². The largest absolute Gasteiger partial charge is 0.493 e. The number of hydrogen-bond donors (Lipinski definition) is 0. The van der Waals surface area contributed by atoms with E-state index in [9.17, 15) is 0 Å². The molecule has 1 nitrogen and oxygen atoms in total. The van der Waals surface area contributed by atoms with Gasteiger partial charge in [0.2, 0.25) is 0 Å². The van der Waals surface area contributed by atoms with Gasteiger partial charge in [0.25, 0.3) is 0 Å². The molecule has 0 aromatic heterocycles. The maximum absolute atomic E-state index is 5.87. The van der Waals surface area contributed by atoms with Crippen molar-refractivity contribution >= 4 is 11.6 Å². The van der Waals surface area contributed by atoms with Gasteiger partial charge in [0.15, 0.2) is 0 Å². The first-order chi connectivity index (χ1) is 7.34. The lowest BCUT2D eigenvalue weighted by atomic mass is 9.90. The first-order valence-electron chi connectivity index (χ1n) is 5.64. The number of ether oxygens (including phenoxy) is 1. The first kappa shape index (κ1) is 10.8. The van der Waals surface area contributed by atoms with Crippen LogP contribution in [0.1, 0.15) is 32.1 Å². The van der Waals surface area contributed by atoms with E-state index in [0.717, 1.165) is 18.3 Å². The Bertz CT molecular complexity index is 305. The van der Waals surface area contributed by atoms with Crippen LogP contribution in [0.3, 0.4) is 0 Å². The van der Waals surface area contributed by atoms with Crippen LogP contribution in [0.25, 0.3) is 0 Å². The van der Waals surface area contributed by atoms with E-state index in [1.165, 1.54) is 32.1 Å². The molecule has 1 radical (unpaired) electrons. The van der Waals surface area contributed by atoms with Crippen molar-refractivity contribution in [3.63, 3.8) is 0 Å². The van der Waals surface area contributed by atoms with Crippen molar-refractivity contribution in [2.45, 2.75) is 32.1 Å². The topological polar surface area (TPSA) is 9.23 Å². The maximum Gasteiger partial charge on any atom is 0.128 e. The Morgan fingerprint density at radius 1 is 1.33 bits per heavy atom. The summed E-state index contributed by atoms with van der Waals surface area (Å²) in [5, 5.41) is 0.715. The van der Waals surface area contributed by atoms with Crippen LogP contribution in [-0.4, -0.2) is 6.61 Å². The minimum Gasteiger partial charge on any atom is -0.493 e. The molecule has 0 aliphatic heterocycles. The summed E-state index contributed by atoms with van der Waals surface area (Å²) in [5.74, 6) is 1.50. The van der Waals surface area contributed by atoms with Crippen LogP contribution in [0, 0.1) is 12.0 Å². The number of benzene rings is 1. The van der Waals surface area contributed by atoms with Crippen LogP contribution < -0.4 is 4.74 Å². The minimum absolute atomic E-state index is 0.715. The molecule has 0 unspecified atom stereocenters. The Morgan fingerprint density at radius 2 is 2.13 bits per heavy atom. The van der Waals surface area contributed by atoms with E-state index in [-0.39, 0.29) is 0 Å². The zero-order chi connectivity index (χ0) is 10.5. The monoisotopic (exact) mass is 223 g/mol. The van der Waals surface area contributed by atoms with Gasteiger partial charge in [-0.25, -0.2) is 0 Å². The van der Waals surface area contributed by atoms with Crippen molar-refractivity contribution in [3.05, 3.63) is 29.3 Å². The van der Waals surface area contributed by atoms with Gasteiger partial charge in [0.05, 0.1) is 6.61 Å². The third-order valence-corrected chi connectivity index (χ3v) is 3.17. The molecule has 0 bridgehead atoms. The number of hydrogen-bond acceptors (Lipinski definition) is 1. The highest BCUT2D eigenvalue weighted by Gasteiger charge is 2.13. The molecule has 0 spiro atoms. The zero-order valence-corrected chi connectivity index (χ0v) is 9.59. The molecule has 0 amide bonds. The molecule has 1 aromatic rings. The summed E-state index contributed by atoms with van der Waals surface area (Å²) in [6, 6.07) is 8.48. The van der Waals surface area contributed by atoms with Crippen LogP contribution in [0.4, 0.5) is 0 Å². The molecule has 2 rings (SSSR count). The maximum atomic E-state index is 5.87.